The number of unbranched alkanes of at least 4 members (excludes halogenated alkanes) is 3. The maximum Gasteiger partial charge on any atom is 0.0410 e. The second-order valence-electron chi connectivity index (χ2n) is 3.79. The van der Waals surface area contributed by atoms with Gasteiger partial charge in [-0.2, -0.15) is 0 Å². The van der Waals surface area contributed by atoms with Crippen LogP contribution in [0.3, 0.4) is 0 Å². The number of hydrogen-bond donors (Lipinski definition) is 1. The van der Waals surface area contributed by atoms with Gasteiger partial charge >= 0.3 is 0 Å². The largest absolute Gasteiger partial charge is 0.313 e. The fraction of sp³-hybridized carbons (Fsp3) is 0.583. The molecule has 1 heterocycles. The zero-order chi connectivity index (χ0) is 11.6. The summed E-state index contributed by atoms with van der Waals surface area (Å²) in [6, 6.07) is 2.10. The lowest BCUT2D eigenvalue weighted by Crippen LogP contribution is -2.14. The van der Waals surface area contributed by atoms with Crippen molar-refractivity contribution in [1.82, 2.24) is 10.3 Å². The Morgan fingerprint density at radius 3 is 2.69 bits per heavy atom. The summed E-state index contributed by atoms with van der Waals surface area (Å²) in [6.07, 6.45) is 8.90. The van der Waals surface area contributed by atoms with E-state index in [1.54, 1.807) is 0 Å². The maximum absolute atomic E-state index is 4.13. The van der Waals surface area contributed by atoms with Crippen molar-refractivity contribution < 1.29 is 0 Å². The van der Waals surface area contributed by atoms with Gasteiger partial charge in [0, 0.05) is 28.7 Å². The molecule has 1 rings (SSSR count). The van der Waals surface area contributed by atoms with E-state index in [1.165, 1.54) is 31.2 Å². The second-order valence-corrected chi connectivity index (χ2v) is 5.50. The second kappa shape index (κ2) is 9.14. The molecule has 0 aliphatic heterocycles. The summed E-state index contributed by atoms with van der Waals surface area (Å²) in [5, 5.41) is 4.56. The summed E-state index contributed by atoms with van der Waals surface area (Å²) in [7, 11) is 0. The molecule has 1 aromatic heterocycles. The van der Waals surface area contributed by atoms with Gasteiger partial charge in [-0.1, -0.05) is 28.8 Å². The van der Waals surface area contributed by atoms with Gasteiger partial charge in [-0.15, -0.1) is 0 Å². The first-order chi connectivity index (χ1) is 7.83. The molecule has 0 aliphatic carbocycles. The van der Waals surface area contributed by atoms with Crippen molar-refractivity contribution in [2.45, 2.75) is 32.2 Å². The van der Waals surface area contributed by atoms with Gasteiger partial charge in [0.05, 0.1) is 0 Å². The molecular formula is C12H18Br2N2. The van der Waals surface area contributed by atoms with Crippen LogP contribution in [0.15, 0.2) is 22.9 Å². The van der Waals surface area contributed by atoms with Crippen molar-refractivity contribution in [3.8, 4) is 0 Å². The predicted molar refractivity (Wildman–Crippen MR) is 75.9 cm³/mol. The normalized spacial score (nSPS) is 10.6. The monoisotopic (exact) mass is 348 g/mol. The fourth-order valence-electron chi connectivity index (χ4n) is 1.48. The average Bonchev–Trinajstić information content (AvgIpc) is 2.28. The third-order valence-corrected chi connectivity index (χ3v) is 3.32. The number of halogens is 2. The van der Waals surface area contributed by atoms with Crippen molar-refractivity contribution in [1.29, 1.82) is 0 Å². The smallest absolute Gasteiger partial charge is 0.0410 e. The minimum Gasteiger partial charge on any atom is -0.313 e. The van der Waals surface area contributed by atoms with E-state index in [-0.39, 0.29) is 0 Å². The minimum atomic E-state index is 0.908. The highest BCUT2D eigenvalue weighted by atomic mass is 79.9. The zero-order valence-electron chi connectivity index (χ0n) is 9.38. The summed E-state index contributed by atoms with van der Waals surface area (Å²) in [6.45, 7) is 2.00. The SMILES string of the molecule is BrCCCCCCNCc1cncc(Br)c1. The summed E-state index contributed by atoms with van der Waals surface area (Å²) in [5.41, 5.74) is 1.23. The zero-order valence-corrected chi connectivity index (χ0v) is 12.6. The van der Waals surface area contributed by atoms with Gasteiger partial charge in [-0.3, -0.25) is 4.98 Å². The van der Waals surface area contributed by atoms with Crippen LogP contribution < -0.4 is 5.32 Å². The molecule has 0 aromatic carbocycles. The lowest BCUT2D eigenvalue weighted by molar-refractivity contribution is 0.599. The lowest BCUT2D eigenvalue weighted by Gasteiger charge is -2.04. The van der Waals surface area contributed by atoms with Crippen LogP contribution in [0.5, 0.6) is 0 Å². The quantitative estimate of drug-likeness (QED) is 0.569. The number of aromatic nitrogens is 1. The van der Waals surface area contributed by atoms with E-state index in [4.69, 9.17) is 0 Å². The van der Waals surface area contributed by atoms with E-state index < -0.39 is 0 Å². The Labute approximate surface area is 114 Å². The molecule has 1 aromatic rings. The Morgan fingerprint density at radius 2 is 1.94 bits per heavy atom. The molecule has 0 saturated carbocycles. The molecular weight excluding hydrogens is 332 g/mol. The van der Waals surface area contributed by atoms with Gasteiger partial charge in [0.1, 0.15) is 0 Å². The first-order valence-corrected chi connectivity index (χ1v) is 7.60. The topological polar surface area (TPSA) is 24.9 Å². The van der Waals surface area contributed by atoms with Gasteiger partial charge in [-0.05, 0) is 46.9 Å². The molecule has 4 heteroatoms. The Balaban J connectivity index is 2.03. The Bertz CT molecular complexity index is 292. The van der Waals surface area contributed by atoms with Crippen molar-refractivity contribution >= 4 is 31.9 Å². The molecule has 90 valence electrons. The molecule has 2 nitrogen and oxygen atoms in total. The number of hydrogen-bond acceptors (Lipinski definition) is 2. The summed E-state index contributed by atoms with van der Waals surface area (Å²) in [5.74, 6) is 0. The van der Waals surface area contributed by atoms with Crippen LogP contribution in [0.2, 0.25) is 0 Å². The molecule has 0 saturated heterocycles. The summed E-state index contributed by atoms with van der Waals surface area (Å²) < 4.78 is 1.05. The average molecular weight is 350 g/mol. The van der Waals surface area contributed by atoms with Crippen molar-refractivity contribution in [3.63, 3.8) is 0 Å². The Morgan fingerprint density at radius 1 is 1.12 bits per heavy atom. The maximum atomic E-state index is 4.13. The van der Waals surface area contributed by atoms with E-state index in [0.29, 0.717) is 0 Å². The fourth-order valence-corrected chi connectivity index (χ4v) is 2.29. The van der Waals surface area contributed by atoms with E-state index in [0.717, 1.165) is 22.9 Å². The van der Waals surface area contributed by atoms with E-state index in [1.807, 2.05) is 12.4 Å². The standard InChI is InChI=1S/C12H18Br2N2/c13-5-3-1-2-4-6-15-8-11-7-12(14)10-16-9-11/h7,9-10,15H,1-6,8H2. The van der Waals surface area contributed by atoms with Crippen molar-refractivity contribution in [2.24, 2.45) is 0 Å². The molecule has 1 N–H and O–H groups in total. The van der Waals surface area contributed by atoms with Crippen LogP contribution >= 0.6 is 31.9 Å². The summed E-state index contributed by atoms with van der Waals surface area (Å²) in [4.78, 5) is 4.13. The lowest BCUT2D eigenvalue weighted by atomic mass is 10.2. The highest BCUT2D eigenvalue weighted by molar-refractivity contribution is 9.10. The molecule has 0 amide bonds. The van der Waals surface area contributed by atoms with Gasteiger partial charge < -0.3 is 5.32 Å². The Hall–Kier alpha value is 0.0700. The molecule has 0 atom stereocenters. The third kappa shape index (κ3) is 6.61. The predicted octanol–water partition coefficient (Wildman–Crippen LogP) is 3.89. The van der Waals surface area contributed by atoms with Gasteiger partial charge in [0.25, 0.3) is 0 Å². The van der Waals surface area contributed by atoms with E-state index in [2.05, 4.69) is 48.2 Å². The third-order valence-electron chi connectivity index (χ3n) is 2.33. The van der Waals surface area contributed by atoms with Crippen LogP contribution in [0.1, 0.15) is 31.2 Å². The van der Waals surface area contributed by atoms with Crippen LogP contribution in [0.4, 0.5) is 0 Å². The first-order valence-electron chi connectivity index (χ1n) is 5.69. The molecule has 0 aliphatic rings. The molecule has 0 bridgehead atoms. The van der Waals surface area contributed by atoms with Crippen LogP contribution in [-0.2, 0) is 6.54 Å². The number of alkyl halides is 1. The van der Waals surface area contributed by atoms with Crippen LogP contribution in [-0.4, -0.2) is 16.9 Å². The number of nitrogens with zero attached hydrogens (tertiary/aromatic N) is 1. The van der Waals surface area contributed by atoms with Gasteiger partial charge in [-0.25, -0.2) is 0 Å². The summed E-state index contributed by atoms with van der Waals surface area (Å²) >= 11 is 6.86. The van der Waals surface area contributed by atoms with Crippen LogP contribution in [0, 0.1) is 0 Å². The van der Waals surface area contributed by atoms with Crippen molar-refractivity contribution in [3.05, 3.63) is 28.5 Å². The number of pyridine rings is 1. The molecule has 0 fully saturated rings. The number of nitrogens with one attached hydrogen (secondary N) is 1. The van der Waals surface area contributed by atoms with Gasteiger partial charge in [0.15, 0.2) is 0 Å². The molecule has 0 radical (unpaired) electrons. The molecule has 0 unspecified atom stereocenters. The van der Waals surface area contributed by atoms with E-state index in [9.17, 15) is 0 Å². The van der Waals surface area contributed by atoms with Crippen LogP contribution in [0.25, 0.3) is 0 Å². The Kier molecular flexibility index (Phi) is 8.07. The van der Waals surface area contributed by atoms with E-state index >= 15 is 0 Å². The van der Waals surface area contributed by atoms with Crippen molar-refractivity contribution in [2.75, 3.05) is 11.9 Å². The first kappa shape index (κ1) is 14.1. The highest BCUT2D eigenvalue weighted by Crippen LogP contribution is 2.09. The molecule has 0 spiro atoms. The van der Waals surface area contributed by atoms with Gasteiger partial charge in [0.2, 0.25) is 0 Å². The minimum absolute atomic E-state index is 0.908. The number of rotatable bonds is 8. The molecule has 16 heavy (non-hydrogen) atoms. The highest BCUT2D eigenvalue weighted by Gasteiger charge is 1.94.